The Morgan fingerprint density at radius 3 is 0.892 bits per heavy atom. The first-order valence-corrected chi connectivity index (χ1v) is 10.0. The molecule has 0 saturated heterocycles. The van der Waals surface area contributed by atoms with Gasteiger partial charge in [0.25, 0.3) is 10.0 Å². The van der Waals surface area contributed by atoms with Gasteiger partial charge in [0.15, 0.2) is 0 Å². The van der Waals surface area contributed by atoms with Crippen LogP contribution in [0.15, 0.2) is 0 Å². The molecule has 0 aromatic carbocycles. The normalized spacial score (nSPS) is 41.5. The topological polar surface area (TPSA) is 109 Å². The highest BCUT2D eigenvalue weighted by Gasteiger charge is 3.01. The van der Waals surface area contributed by atoms with Crippen LogP contribution in [0, 0.1) is 0 Å². The Kier molecular flexibility index (Phi) is 5.90. The molecule has 0 aliphatic heterocycles. The predicted molar refractivity (Wildman–Crippen MR) is 78.5 cm³/mol. The van der Waals surface area contributed by atoms with Gasteiger partial charge in [-0.15, -0.1) is 0 Å². The molecule has 0 spiro atoms. The standard InChI is InChI=1S/C14H6F16O6S/c15-5(16)1-7(19,13(27,28)9(21,3(31)32)11(5,23)24)37(35,36)8(20)2-6(17,18)12(25,26)10(22,4(33)34)14(8,29)30/h1-2H2,(H,31,32)(H,33,34). The second-order valence-electron chi connectivity index (χ2n) is 7.95. The van der Waals surface area contributed by atoms with E-state index in [0.29, 0.717) is 0 Å². The average molecular weight is 606 g/mol. The number of carboxylic acids is 2. The van der Waals surface area contributed by atoms with Gasteiger partial charge < -0.3 is 10.2 Å². The van der Waals surface area contributed by atoms with E-state index in [9.17, 15) is 79.5 Å². The maximum Gasteiger partial charge on any atom is 0.360 e. The SMILES string of the molecule is O=C(O)C1(F)C(F)(F)C(F)(F)CC(F)(S(=O)(=O)C2(F)CC(F)(F)C(F)(F)C(F)(C(=O)O)C2(F)F)C1(F)F. The number of alkyl halides is 16. The summed E-state index contributed by atoms with van der Waals surface area (Å²) in [4.78, 5) is 21.5. The molecule has 2 aliphatic carbocycles. The Balaban J connectivity index is 3.09. The van der Waals surface area contributed by atoms with Crippen LogP contribution in [0.25, 0.3) is 0 Å². The van der Waals surface area contributed by atoms with E-state index in [1.807, 2.05) is 0 Å². The van der Waals surface area contributed by atoms with Crippen molar-refractivity contribution in [2.24, 2.45) is 0 Å². The van der Waals surface area contributed by atoms with Gasteiger partial charge in [-0.1, -0.05) is 0 Å². The van der Waals surface area contributed by atoms with Crippen LogP contribution in [0.2, 0.25) is 0 Å². The molecule has 4 unspecified atom stereocenters. The Morgan fingerprint density at radius 2 is 0.703 bits per heavy atom. The molecule has 23 heteroatoms. The van der Waals surface area contributed by atoms with Gasteiger partial charge in [0, 0.05) is 0 Å². The summed E-state index contributed by atoms with van der Waals surface area (Å²) in [6.45, 7) is 0. The molecule has 0 amide bonds. The molecule has 0 radical (unpaired) electrons. The molecule has 0 aromatic heterocycles. The Hall–Kier alpha value is -2.23. The van der Waals surface area contributed by atoms with E-state index in [1.54, 1.807) is 0 Å². The van der Waals surface area contributed by atoms with Crippen LogP contribution in [0.4, 0.5) is 70.2 Å². The van der Waals surface area contributed by atoms with Crippen molar-refractivity contribution in [1.29, 1.82) is 0 Å². The van der Waals surface area contributed by atoms with E-state index in [2.05, 4.69) is 0 Å². The van der Waals surface area contributed by atoms with Gasteiger partial charge in [-0.2, -0.15) is 52.7 Å². The smallest absolute Gasteiger partial charge is 0.360 e. The Bertz CT molecular complexity index is 1070. The zero-order valence-corrected chi connectivity index (χ0v) is 17.2. The van der Waals surface area contributed by atoms with Gasteiger partial charge in [-0.25, -0.2) is 35.6 Å². The first-order valence-electron chi connectivity index (χ1n) is 8.53. The summed E-state index contributed by atoms with van der Waals surface area (Å²) in [6, 6.07) is 0. The van der Waals surface area contributed by atoms with Crippen LogP contribution in [-0.2, 0) is 19.4 Å². The fourth-order valence-electron chi connectivity index (χ4n) is 3.75. The van der Waals surface area contributed by atoms with E-state index in [0.717, 1.165) is 0 Å². The van der Waals surface area contributed by atoms with Gasteiger partial charge >= 0.3 is 58.8 Å². The van der Waals surface area contributed by atoms with E-state index in [-0.39, 0.29) is 0 Å². The van der Waals surface area contributed by atoms with Crippen molar-refractivity contribution in [3.8, 4) is 0 Å². The van der Waals surface area contributed by atoms with Gasteiger partial charge in [0.1, 0.15) is 0 Å². The summed E-state index contributed by atoms with van der Waals surface area (Å²) < 4.78 is 252. The third kappa shape index (κ3) is 2.73. The highest BCUT2D eigenvalue weighted by molar-refractivity contribution is 7.94. The summed E-state index contributed by atoms with van der Waals surface area (Å²) in [7, 11) is -9.12. The molecular weight excluding hydrogens is 600 g/mol. The minimum Gasteiger partial charge on any atom is -0.479 e. The second-order valence-corrected chi connectivity index (χ2v) is 10.2. The zero-order chi connectivity index (χ0) is 30.1. The van der Waals surface area contributed by atoms with Crippen molar-refractivity contribution in [2.45, 2.75) is 69.7 Å². The summed E-state index contributed by atoms with van der Waals surface area (Å²) in [6.07, 6.45) is -9.20. The fourth-order valence-corrected chi connectivity index (χ4v) is 5.96. The predicted octanol–water partition coefficient (Wildman–Crippen LogP) is 3.94. The lowest BCUT2D eigenvalue weighted by atomic mass is 9.75. The number of hydrogen-bond donors (Lipinski definition) is 2. The average Bonchev–Trinajstić information content (AvgIpc) is 2.68. The fraction of sp³-hybridized carbons (Fsp3) is 0.857. The molecule has 2 N–H and O–H groups in total. The van der Waals surface area contributed by atoms with E-state index in [4.69, 9.17) is 10.2 Å². The van der Waals surface area contributed by atoms with Gasteiger partial charge in [-0.05, 0) is 0 Å². The number of hydrogen-bond acceptors (Lipinski definition) is 4. The number of aliphatic carboxylic acids is 2. The van der Waals surface area contributed by atoms with Gasteiger partial charge in [0.05, 0.1) is 12.8 Å². The van der Waals surface area contributed by atoms with Gasteiger partial charge in [-0.3, -0.25) is 0 Å². The summed E-state index contributed by atoms with van der Waals surface area (Å²) >= 11 is 0. The number of halogens is 16. The van der Waals surface area contributed by atoms with Crippen molar-refractivity contribution < 1.29 is 98.5 Å². The summed E-state index contributed by atoms with van der Waals surface area (Å²) in [5.41, 5.74) is -15.0. The number of rotatable bonds is 4. The molecule has 4 atom stereocenters. The first-order chi connectivity index (χ1) is 15.8. The van der Waals surface area contributed by atoms with E-state index < -0.39 is 91.5 Å². The summed E-state index contributed by atoms with van der Waals surface area (Å²) in [5.74, 6) is -53.7. The zero-order valence-electron chi connectivity index (χ0n) is 16.4. The maximum absolute atomic E-state index is 15.2. The van der Waals surface area contributed by atoms with Crippen LogP contribution < -0.4 is 0 Å². The highest BCUT2D eigenvalue weighted by Crippen LogP contribution is 2.71. The van der Waals surface area contributed by atoms with Crippen molar-refractivity contribution >= 4 is 21.8 Å². The molecule has 2 fully saturated rings. The number of carboxylic acid groups (broad SMARTS) is 2. The molecule has 0 aromatic rings. The maximum atomic E-state index is 15.2. The second kappa shape index (κ2) is 7.04. The van der Waals surface area contributed by atoms with Gasteiger partial charge in [0.2, 0.25) is 9.84 Å². The number of carbonyl (C=O) groups is 2. The molecule has 0 heterocycles. The van der Waals surface area contributed by atoms with Crippen LogP contribution in [0.5, 0.6) is 0 Å². The molecule has 2 rings (SSSR count). The third-order valence-electron chi connectivity index (χ3n) is 5.93. The lowest BCUT2D eigenvalue weighted by Gasteiger charge is -2.54. The molecule has 2 aliphatic rings. The quantitative estimate of drug-likeness (QED) is 0.470. The van der Waals surface area contributed by atoms with E-state index in [1.165, 1.54) is 0 Å². The van der Waals surface area contributed by atoms with Crippen LogP contribution in [0.1, 0.15) is 12.8 Å². The molecule has 2 saturated carbocycles. The highest BCUT2D eigenvalue weighted by atomic mass is 32.2. The summed E-state index contributed by atoms with van der Waals surface area (Å²) in [5, 5.41) is 1.74. The van der Waals surface area contributed by atoms with Crippen molar-refractivity contribution in [2.75, 3.05) is 0 Å². The van der Waals surface area contributed by atoms with E-state index >= 15 is 8.78 Å². The van der Waals surface area contributed by atoms with Crippen molar-refractivity contribution in [3.05, 3.63) is 0 Å². The van der Waals surface area contributed by atoms with Crippen molar-refractivity contribution in [1.82, 2.24) is 0 Å². The Morgan fingerprint density at radius 1 is 0.486 bits per heavy atom. The third-order valence-corrected chi connectivity index (χ3v) is 8.43. The molecule has 0 bridgehead atoms. The Labute approximate surface area is 191 Å². The minimum atomic E-state index is -9.12. The molecule has 37 heavy (non-hydrogen) atoms. The molecule has 6 nitrogen and oxygen atoms in total. The van der Waals surface area contributed by atoms with Crippen molar-refractivity contribution in [3.63, 3.8) is 0 Å². The largest absolute Gasteiger partial charge is 0.479 e. The monoisotopic (exact) mass is 606 g/mol. The molecular formula is C14H6F16O6S. The van der Waals surface area contributed by atoms with Crippen LogP contribution in [-0.4, -0.2) is 87.4 Å². The lowest BCUT2D eigenvalue weighted by Crippen LogP contribution is -2.85. The minimum absolute atomic E-state index is 4.55. The van der Waals surface area contributed by atoms with Crippen LogP contribution in [0.3, 0.4) is 0 Å². The first kappa shape index (κ1) is 31.0. The van der Waals surface area contributed by atoms with Crippen LogP contribution >= 0.6 is 0 Å². The lowest BCUT2D eigenvalue weighted by molar-refractivity contribution is -0.374. The number of sulfone groups is 1. The molecule has 216 valence electrons.